The van der Waals surface area contributed by atoms with Gasteiger partial charge in [-0.15, -0.1) is 0 Å². The molecule has 0 bridgehead atoms. The van der Waals surface area contributed by atoms with Gasteiger partial charge >= 0.3 is 0 Å². The fourth-order valence-corrected chi connectivity index (χ4v) is 2.59. The summed E-state index contributed by atoms with van der Waals surface area (Å²) in [5.74, 6) is 0.946. The zero-order valence-corrected chi connectivity index (χ0v) is 11.2. The zero-order valence-electron chi connectivity index (χ0n) is 11.2. The summed E-state index contributed by atoms with van der Waals surface area (Å²) < 4.78 is 5.11. The first-order valence-electron chi connectivity index (χ1n) is 6.71. The Kier molecular flexibility index (Phi) is 4.24. The normalized spacial score (nSPS) is 19.7. The molecule has 0 N–H and O–H groups in total. The van der Waals surface area contributed by atoms with E-state index in [4.69, 9.17) is 4.74 Å². The fraction of sp³-hybridized carbons (Fsp3) is 0.533. The molecule has 0 saturated carbocycles. The Morgan fingerprint density at radius 3 is 2.67 bits per heavy atom. The van der Waals surface area contributed by atoms with E-state index < -0.39 is 0 Å². The lowest BCUT2D eigenvalue weighted by atomic mass is 9.99. The molecule has 0 spiro atoms. The SMILES string of the molecule is CC[C@@H]1CCCCN1C(=O)c1ccc(OC)cc1. The van der Waals surface area contributed by atoms with E-state index in [0.717, 1.165) is 37.1 Å². The van der Waals surface area contributed by atoms with Crippen LogP contribution in [0.4, 0.5) is 0 Å². The maximum Gasteiger partial charge on any atom is 0.254 e. The van der Waals surface area contributed by atoms with Crippen LogP contribution < -0.4 is 4.74 Å². The maximum absolute atomic E-state index is 12.5. The molecule has 1 aliphatic rings. The highest BCUT2D eigenvalue weighted by Gasteiger charge is 2.25. The summed E-state index contributed by atoms with van der Waals surface area (Å²) in [6.07, 6.45) is 4.55. The number of likely N-dealkylation sites (tertiary alicyclic amines) is 1. The van der Waals surface area contributed by atoms with Crippen LogP contribution in [0.1, 0.15) is 43.0 Å². The van der Waals surface area contributed by atoms with Crippen LogP contribution in [0.5, 0.6) is 5.75 Å². The highest BCUT2D eigenvalue weighted by atomic mass is 16.5. The van der Waals surface area contributed by atoms with E-state index in [1.807, 2.05) is 29.2 Å². The first kappa shape index (κ1) is 12.9. The van der Waals surface area contributed by atoms with Crippen molar-refractivity contribution >= 4 is 5.91 Å². The number of benzene rings is 1. The van der Waals surface area contributed by atoms with Gasteiger partial charge in [-0.1, -0.05) is 6.92 Å². The molecule has 3 heteroatoms. The van der Waals surface area contributed by atoms with Gasteiger partial charge in [0.2, 0.25) is 0 Å². The molecule has 3 nitrogen and oxygen atoms in total. The van der Waals surface area contributed by atoms with Crippen molar-refractivity contribution in [1.82, 2.24) is 4.90 Å². The first-order valence-corrected chi connectivity index (χ1v) is 6.71. The van der Waals surface area contributed by atoms with Crippen LogP contribution in [0.3, 0.4) is 0 Å². The molecule has 2 rings (SSSR count). The number of hydrogen-bond acceptors (Lipinski definition) is 2. The van der Waals surface area contributed by atoms with E-state index in [-0.39, 0.29) is 5.91 Å². The molecule has 0 aliphatic carbocycles. The van der Waals surface area contributed by atoms with Crippen LogP contribution in [0.25, 0.3) is 0 Å². The zero-order chi connectivity index (χ0) is 13.0. The molecule has 1 amide bonds. The third-order valence-corrected chi connectivity index (χ3v) is 3.70. The quantitative estimate of drug-likeness (QED) is 0.821. The highest BCUT2D eigenvalue weighted by Crippen LogP contribution is 2.22. The second kappa shape index (κ2) is 5.89. The maximum atomic E-state index is 12.5. The van der Waals surface area contributed by atoms with Crippen LogP contribution in [-0.2, 0) is 0 Å². The average molecular weight is 247 g/mol. The van der Waals surface area contributed by atoms with Crippen molar-refractivity contribution in [1.29, 1.82) is 0 Å². The van der Waals surface area contributed by atoms with Crippen LogP contribution in [0, 0.1) is 0 Å². The minimum Gasteiger partial charge on any atom is -0.497 e. The molecule has 1 aliphatic heterocycles. The fourth-order valence-electron chi connectivity index (χ4n) is 2.59. The summed E-state index contributed by atoms with van der Waals surface area (Å²) in [6.45, 7) is 3.05. The summed E-state index contributed by atoms with van der Waals surface area (Å²) in [7, 11) is 1.63. The number of rotatable bonds is 3. The van der Waals surface area contributed by atoms with Gasteiger partial charge in [-0.25, -0.2) is 0 Å². The Morgan fingerprint density at radius 1 is 1.33 bits per heavy atom. The number of carbonyl (C=O) groups excluding carboxylic acids is 1. The minimum atomic E-state index is 0.157. The molecule has 1 heterocycles. The molecule has 1 aromatic rings. The number of ether oxygens (including phenoxy) is 1. The Bertz CT molecular complexity index is 399. The van der Waals surface area contributed by atoms with Gasteiger partial charge in [0.05, 0.1) is 7.11 Å². The molecule has 0 aromatic heterocycles. The number of methoxy groups -OCH3 is 1. The summed E-state index contributed by atoms with van der Waals surface area (Å²) >= 11 is 0. The van der Waals surface area contributed by atoms with Gasteiger partial charge in [0.15, 0.2) is 0 Å². The molecule has 1 atom stereocenters. The van der Waals surface area contributed by atoms with Gasteiger partial charge < -0.3 is 9.64 Å². The highest BCUT2D eigenvalue weighted by molar-refractivity contribution is 5.94. The summed E-state index contributed by atoms with van der Waals surface area (Å²) in [5, 5.41) is 0. The van der Waals surface area contributed by atoms with Crippen molar-refractivity contribution in [3.63, 3.8) is 0 Å². The molecule has 18 heavy (non-hydrogen) atoms. The molecule has 98 valence electrons. The number of amides is 1. The van der Waals surface area contributed by atoms with E-state index in [1.165, 1.54) is 6.42 Å². The monoisotopic (exact) mass is 247 g/mol. The van der Waals surface area contributed by atoms with Crippen LogP contribution >= 0.6 is 0 Å². The van der Waals surface area contributed by atoms with Crippen LogP contribution in [0.15, 0.2) is 24.3 Å². The van der Waals surface area contributed by atoms with E-state index >= 15 is 0 Å². The number of carbonyl (C=O) groups is 1. The molecular formula is C15H21NO2. The Morgan fingerprint density at radius 2 is 2.06 bits per heavy atom. The largest absolute Gasteiger partial charge is 0.497 e. The Labute approximate surface area is 109 Å². The van der Waals surface area contributed by atoms with Crippen LogP contribution in [-0.4, -0.2) is 30.5 Å². The van der Waals surface area contributed by atoms with E-state index in [1.54, 1.807) is 7.11 Å². The Hall–Kier alpha value is -1.51. The Balaban J connectivity index is 2.13. The molecule has 1 aromatic carbocycles. The molecular weight excluding hydrogens is 226 g/mol. The van der Waals surface area contributed by atoms with Crippen molar-refractivity contribution in [2.45, 2.75) is 38.6 Å². The van der Waals surface area contributed by atoms with Gasteiger partial charge in [0.25, 0.3) is 5.91 Å². The standard InChI is InChI=1S/C15H21NO2/c1-3-13-6-4-5-11-16(13)15(17)12-7-9-14(18-2)10-8-12/h7-10,13H,3-6,11H2,1-2H3/t13-/m1/s1. The lowest BCUT2D eigenvalue weighted by Crippen LogP contribution is -2.43. The van der Waals surface area contributed by atoms with Gasteiger partial charge in [-0.3, -0.25) is 4.79 Å². The van der Waals surface area contributed by atoms with E-state index in [0.29, 0.717) is 6.04 Å². The van der Waals surface area contributed by atoms with Crippen molar-refractivity contribution in [2.24, 2.45) is 0 Å². The lowest BCUT2D eigenvalue weighted by molar-refractivity contribution is 0.0608. The van der Waals surface area contributed by atoms with Crippen molar-refractivity contribution in [3.05, 3.63) is 29.8 Å². The minimum absolute atomic E-state index is 0.157. The second-order valence-corrected chi connectivity index (χ2v) is 4.78. The first-order chi connectivity index (χ1) is 8.76. The van der Waals surface area contributed by atoms with E-state index in [2.05, 4.69) is 6.92 Å². The van der Waals surface area contributed by atoms with Gasteiger partial charge in [-0.2, -0.15) is 0 Å². The lowest BCUT2D eigenvalue weighted by Gasteiger charge is -2.35. The number of nitrogens with zero attached hydrogens (tertiary/aromatic N) is 1. The topological polar surface area (TPSA) is 29.5 Å². The molecule has 1 fully saturated rings. The van der Waals surface area contributed by atoms with Crippen LogP contribution in [0.2, 0.25) is 0 Å². The number of piperidine rings is 1. The second-order valence-electron chi connectivity index (χ2n) is 4.78. The van der Waals surface area contributed by atoms with Crippen molar-refractivity contribution in [2.75, 3.05) is 13.7 Å². The predicted molar refractivity (Wildman–Crippen MR) is 72.0 cm³/mol. The molecule has 0 unspecified atom stereocenters. The summed E-state index contributed by atoms with van der Waals surface area (Å²) in [6, 6.07) is 7.80. The molecule has 0 radical (unpaired) electrons. The summed E-state index contributed by atoms with van der Waals surface area (Å²) in [5.41, 5.74) is 0.760. The third kappa shape index (κ3) is 2.66. The average Bonchev–Trinajstić information content (AvgIpc) is 2.46. The predicted octanol–water partition coefficient (Wildman–Crippen LogP) is 3.10. The number of hydrogen-bond donors (Lipinski definition) is 0. The van der Waals surface area contributed by atoms with Crippen molar-refractivity contribution in [3.8, 4) is 5.75 Å². The van der Waals surface area contributed by atoms with Gasteiger partial charge in [0.1, 0.15) is 5.75 Å². The summed E-state index contributed by atoms with van der Waals surface area (Å²) in [4.78, 5) is 14.5. The van der Waals surface area contributed by atoms with E-state index in [9.17, 15) is 4.79 Å². The van der Waals surface area contributed by atoms with Gasteiger partial charge in [0, 0.05) is 18.2 Å². The smallest absolute Gasteiger partial charge is 0.254 e. The van der Waals surface area contributed by atoms with Crippen molar-refractivity contribution < 1.29 is 9.53 Å². The third-order valence-electron chi connectivity index (χ3n) is 3.70. The molecule has 1 saturated heterocycles. The van der Waals surface area contributed by atoms with Gasteiger partial charge in [-0.05, 0) is 49.9 Å².